The van der Waals surface area contributed by atoms with Gasteiger partial charge >= 0.3 is 0 Å². The van der Waals surface area contributed by atoms with Crippen LogP contribution in [0.2, 0.25) is 0 Å². The highest BCUT2D eigenvalue weighted by Crippen LogP contribution is 2.37. The second-order valence-corrected chi connectivity index (χ2v) is 9.70. The van der Waals surface area contributed by atoms with Crippen molar-refractivity contribution in [1.82, 2.24) is 19.5 Å². The topological polar surface area (TPSA) is 103 Å². The Morgan fingerprint density at radius 3 is 2.47 bits per heavy atom. The van der Waals surface area contributed by atoms with Crippen molar-refractivity contribution < 1.29 is 13.5 Å². The Morgan fingerprint density at radius 2 is 1.79 bits per heavy atom. The Morgan fingerprint density at radius 1 is 1.09 bits per heavy atom. The first-order valence-electron chi connectivity index (χ1n) is 12.0. The number of halogens is 2. The molecule has 4 N–H and O–H groups in total. The van der Waals surface area contributed by atoms with Crippen molar-refractivity contribution in [3.05, 3.63) is 36.0 Å². The summed E-state index contributed by atoms with van der Waals surface area (Å²) in [7, 11) is 0. The van der Waals surface area contributed by atoms with Gasteiger partial charge in [-0.1, -0.05) is 0 Å². The molecule has 0 amide bonds. The lowest BCUT2D eigenvalue weighted by Gasteiger charge is -2.34. The highest BCUT2D eigenvalue weighted by atomic mass is 19.1. The minimum absolute atomic E-state index is 0.143. The minimum Gasteiger partial charge on any atom is -0.381 e. The molecule has 2 fully saturated rings. The van der Waals surface area contributed by atoms with Gasteiger partial charge < -0.3 is 21.1 Å². The monoisotopic (exact) mass is 471 g/mol. The van der Waals surface area contributed by atoms with Crippen LogP contribution in [-0.2, 0) is 4.74 Å². The van der Waals surface area contributed by atoms with Crippen LogP contribution >= 0.6 is 0 Å². The van der Waals surface area contributed by atoms with Crippen LogP contribution in [0.3, 0.4) is 0 Å². The number of hydrogen-bond acceptors (Lipinski definition) is 7. The third-order valence-electron chi connectivity index (χ3n) is 7.08. The van der Waals surface area contributed by atoms with Crippen LogP contribution in [0.5, 0.6) is 0 Å². The SMILES string of the molecule is CC1(Nc2ncc3nc(Nc4cc(F)cc(F)c4)n(C4CCC(CN)CC4)c3n2)CCOCC1. The van der Waals surface area contributed by atoms with Gasteiger partial charge in [0.1, 0.15) is 17.2 Å². The van der Waals surface area contributed by atoms with Gasteiger partial charge in [-0.25, -0.2) is 18.7 Å². The van der Waals surface area contributed by atoms with Crippen LogP contribution in [0.25, 0.3) is 11.2 Å². The first kappa shape index (κ1) is 22.9. The maximum absolute atomic E-state index is 13.8. The Hall–Kier alpha value is -2.85. The maximum Gasteiger partial charge on any atom is 0.225 e. The van der Waals surface area contributed by atoms with E-state index in [1.54, 1.807) is 6.20 Å². The van der Waals surface area contributed by atoms with E-state index in [0.717, 1.165) is 44.6 Å². The van der Waals surface area contributed by atoms with Crippen LogP contribution in [0.15, 0.2) is 24.4 Å². The number of anilines is 3. The summed E-state index contributed by atoms with van der Waals surface area (Å²) in [6.45, 7) is 4.24. The average molecular weight is 472 g/mol. The molecule has 5 rings (SSSR count). The third kappa shape index (κ3) is 4.83. The molecule has 8 nitrogen and oxygen atoms in total. The fourth-order valence-electron chi connectivity index (χ4n) is 5.00. The number of imidazole rings is 1. The van der Waals surface area contributed by atoms with Crippen molar-refractivity contribution in [2.45, 2.75) is 57.0 Å². The first-order chi connectivity index (χ1) is 16.4. The van der Waals surface area contributed by atoms with Crippen molar-refractivity contribution in [1.29, 1.82) is 0 Å². The fraction of sp³-hybridized carbons (Fsp3) is 0.542. The molecule has 0 radical (unpaired) electrons. The lowest BCUT2D eigenvalue weighted by molar-refractivity contribution is 0.0656. The molecule has 34 heavy (non-hydrogen) atoms. The first-order valence-corrected chi connectivity index (χ1v) is 12.0. The zero-order valence-corrected chi connectivity index (χ0v) is 19.4. The second-order valence-electron chi connectivity index (χ2n) is 9.70. The molecule has 2 aromatic heterocycles. The van der Waals surface area contributed by atoms with Crippen molar-refractivity contribution in [3.8, 4) is 0 Å². The summed E-state index contributed by atoms with van der Waals surface area (Å²) in [5.41, 5.74) is 7.38. The molecule has 10 heteroatoms. The van der Waals surface area contributed by atoms with E-state index in [4.69, 9.17) is 20.4 Å². The number of fused-ring (bicyclic) bond motifs is 1. The number of nitrogens with two attached hydrogens (primary N) is 1. The van der Waals surface area contributed by atoms with E-state index >= 15 is 0 Å². The predicted molar refractivity (Wildman–Crippen MR) is 127 cm³/mol. The molecular weight excluding hydrogens is 440 g/mol. The summed E-state index contributed by atoms with van der Waals surface area (Å²) in [5, 5.41) is 6.61. The third-order valence-corrected chi connectivity index (χ3v) is 7.08. The lowest BCUT2D eigenvalue weighted by Crippen LogP contribution is -2.41. The van der Waals surface area contributed by atoms with Crippen LogP contribution < -0.4 is 16.4 Å². The fourth-order valence-corrected chi connectivity index (χ4v) is 5.00. The van der Waals surface area contributed by atoms with Gasteiger partial charge in [0.15, 0.2) is 5.65 Å². The van der Waals surface area contributed by atoms with E-state index in [0.29, 0.717) is 54.4 Å². The summed E-state index contributed by atoms with van der Waals surface area (Å²) in [6, 6.07) is 3.50. The molecule has 2 aliphatic rings. The summed E-state index contributed by atoms with van der Waals surface area (Å²) in [4.78, 5) is 14.1. The molecule has 1 aliphatic carbocycles. The molecule has 3 heterocycles. The van der Waals surface area contributed by atoms with Gasteiger partial charge in [-0.15, -0.1) is 0 Å². The van der Waals surface area contributed by atoms with Crippen molar-refractivity contribution in [3.63, 3.8) is 0 Å². The summed E-state index contributed by atoms with van der Waals surface area (Å²) < 4.78 is 35.2. The lowest BCUT2D eigenvalue weighted by atomic mass is 9.86. The number of ether oxygens (including phenoxy) is 1. The highest BCUT2D eigenvalue weighted by molar-refractivity contribution is 5.76. The normalized spacial score (nSPS) is 22.6. The van der Waals surface area contributed by atoms with Gasteiger partial charge in [-0.05, 0) is 70.0 Å². The number of hydrogen-bond donors (Lipinski definition) is 3. The maximum atomic E-state index is 13.8. The molecule has 1 aromatic carbocycles. The van der Waals surface area contributed by atoms with Crippen molar-refractivity contribution >= 4 is 28.7 Å². The molecule has 0 bridgehead atoms. The zero-order valence-electron chi connectivity index (χ0n) is 19.4. The molecule has 3 aromatic rings. The second kappa shape index (κ2) is 9.42. The van der Waals surface area contributed by atoms with E-state index in [9.17, 15) is 8.78 Å². The van der Waals surface area contributed by atoms with Crippen molar-refractivity contribution in [2.24, 2.45) is 11.7 Å². The van der Waals surface area contributed by atoms with Crippen LogP contribution in [0.4, 0.5) is 26.4 Å². The van der Waals surface area contributed by atoms with Crippen LogP contribution in [0.1, 0.15) is 51.5 Å². The summed E-state index contributed by atoms with van der Waals surface area (Å²) in [5.74, 6) is 0.256. The highest BCUT2D eigenvalue weighted by Gasteiger charge is 2.30. The Labute approximate surface area is 197 Å². The van der Waals surface area contributed by atoms with Crippen LogP contribution in [0, 0.1) is 17.6 Å². The molecule has 1 saturated heterocycles. The van der Waals surface area contributed by atoms with E-state index in [2.05, 4.69) is 27.1 Å². The number of nitrogens with one attached hydrogen (secondary N) is 2. The van der Waals surface area contributed by atoms with Gasteiger partial charge in [0.05, 0.1) is 6.20 Å². The largest absolute Gasteiger partial charge is 0.381 e. The standard InChI is InChI=1S/C24H31F2N7O/c1-24(6-8-34-9-7-24)32-22-28-14-20-21(31-22)33(19-4-2-15(13-27)3-5-19)23(30-20)29-18-11-16(25)10-17(26)12-18/h10-12,14-15,19H,2-9,13,27H2,1H3,(H,29,30)(H,28,31,32). The molecule has 0 atom stereocenters. The van der Waals surface area contributed by atoms with Crippen molar-refractivity contribution in [2.75, 3.05) is 30.4 Å². The molecule has 182 valence electrons. The minimum atomic E-state index is -0.649. The van der Waals surface area contributed by atoms with Gasteiger partial charge in [0.25, 0.3) is 0 Å². The number of nitrogens with zero attached hydrogens (tertiary/aromatic N) is 4. The van der Waals surface area contributed by atoms with E-state index in [-0.39, 0.29) is 11.6 Å². The molecule has 0 unspecified atom stereocenters. The Balaban J connectivity index is 1.52. The van der Waals surface area contributed by atoms with Gasteiger partial charge in [-0.2, -0.15) is 4.98 Å². The van der Waals surface area contributed by atoms with Gasteiger partial charge in [-0.3, -0.25) is 4.57 Å². The number of aromatic nitrogens is 4. The molecule has 1 aliphatic heterocycles. The molecule has 1 saturated carbocycles. The smallest absolute Gasteiger partial charge is 0.225 e. The van der Waals surface area contributed by atoms with Crippen LogP contribution in [-0.4, -0.2) is 44.8 Å². The van der Waals surface area contributed by atoms with E-state index in [1.165, 1.54) is 12.1 Å². The van der Waals surface area contributed by atoms with Gasteiger partial charge in [0, 0.05) is 36.5 Å². The number of benzene rings is 1. The van der Waals surface area contributed by atoms with E-state index in [1.807, 2.05) is 0 Å². The quantitative estimate of drug-likeness (QED) is 0.486. The predicted octanol–water partition coefficient (Wildman–Crippen LogP) is 4.52. The average Bonchev–Trinajstić information content (AvgIpc) is 3.15. The zero-order chi connectivity index (χ0) is 23.7. The Kier molecular flexibility index (Phi) is 6.35. The summed E-state index contributed by atoms with van der Waals surface area (Å²) in [6.07, 6.45) is 7.34. The molecular formula is C24H31F2N7O. The summed E-state index contributed by atoms with van der Waals surface area (Å²) >= 11 is 0. The Bertz CT molecular complexity index is 1130. The van der Waals surface area contributed by atoms with Gasteiger partial charge in [0.2, 0.25) is 11.9 Å². The number of rotatable bonds is 6. The molecule has 0 spiro atoms. The van der Waals surface area contributed by atoms with E-state index < -0.39 is 11.6 Å².